The van der Waals surface area contributed by atoms with E-state index in [1.165, 1.54) is 24.3 Å². The van der Waals surface area contributed by atoms with Crippen LogP contribution >= 0.6 is 0 Å². The van der Waals surface area contributed by atoms with Crippen molar-refractivity contribution in [3.63, 3.8) is 0 Å². The average Bonchev–Trinajstić information content (AvgIpc) is 2.79. The zero-order chi connectivity index (χ0) is 21.9. The van der Waals surface area contributed by atoms with Crippen molar-refractivity contribution in [2.24, 2.45) is 0 Å². The predicted molar refractivity (Wildman–Crippen MR) is 110 cm³/mol. The van der Waals surface area contributed by atoms with E-state index in [1.54, 1.807) is 19.1 Å². The summed E-state index contributed by atoms with van der Waals surface area (Å²) < 4.78 is 0. The van der Waals surface area contributed by atoms with E-state index in [-0.39, 0.29) is 22.3 Å². The molecule has 3 aromatic carbocycles. The van der Waals surface area contributed by atoms with Crippen molar-refractivity contribution in [3.05, 3.63) is 93.5 Å². The lowest BCUT2D eigenvalue weighted by atomic mass is 9.69. The highest BCUT2D eigenvalue weighted by molar-refractivity contribution is 5.90. The number of phenols is 2. The molecule has 0 atom stereocenters. The molecule has 30 heavy (non-hydrogen) atoms. The van der Waals surface area contributed by atoms with Crippen molar-refractivity contribution in [3.8, 4) is 11.5 Å². The normalized spacial score (nSPS) is 11.0. The third-order valence-electron chi connectivity index (χ3n) is 5.35. The first kappa shape index (κ1) is 20.7. The minimum absolute atomic E-state index is 0.0678. The van der Waals surface area contributed by atoms with Gasteiger partial charge in [0.05, 0.1) is 22.3 Å². The van der Waals surface area contributed by atoms with Gasteiger partial charge in [-0.05, 0) is 47.9 Å². The van der Waals surface area contributed by atoms with Gasteiger partial charge in [0.1, 0.15) is 11.5 Å². The van der Waals surface area contributed by atoms with Gasteiger partial charge in [0.2, 0.25) is 0 Å². The molecule has 0 radical (unpaired) electrons. The van der Waals surface area contributed by atoms with Gasteiger partial charge in [-0.15, -0.1) is 0 Å². The van der Waals surface area contributed by atoms with E-state index in [0.29, 0.717) is 36.3 Å². The average molecular weight is 402 g/mol. The topological polar surface area (TPSA) is 109 Å². The lowest BCUT2D eigenvalue weighted by molar-refractivity contribution is 0.110. The summed E-state index contributed by atoms with van der Waals surface area (Å²) in [7, 11) is 0. The first-order valence-corrected chi connectivity index (χ1v) is 9.01. The minimum Gasteiger partial charge on any atom is -0.506 e. The second-order valence-electron chi connectivity index (χ2n) is 6.97. The molecule has 0 unspecified atom stereocenters. The van der Waals surface area contributed by atoms with Crippen molar-refractivity contribution in [2.45, 2.75) is 12.3 Å². The Morgan fingerprint density at radius 2 is 0.933 bits per heavy atom. The molecule has 0 amide bonds. The van der Waals surface area contributed by atoms with Gasteiger partial charge in [0.15, 0.2) is 25.1 Å². The molecule has 6 heteroatoms. The van der Waals surface area contributed by atoms with Crippen LogP contribution in [0.1, 0.15) is 65.0 Å². The van der Waals surface area contributed by atoms with Crippen LogP contribution in [0.5, 0.6) is 11.5 Å². The third-order valence-corrected chi connectivity index (χ3v) is 5.35. The molecule has 0 spiro atoms. The van der Waals surface area contributed by atoms with Gasteiger partial charge in [0.25, 0.3) is 0 Å². The van der Waals surface area contributed by atoms with Crippen LogP contribution in [0.4, 0.5) is 0 Å². The van der Waals surface area contributed by atoms with E-state index in [9.17, 15) is 29.4 Å². The van der Waals surface area contributed by atoms with Gasteiger partial charge in [-0.2, -0.15) is 0 Å². The highest BCUT2D eigenvalue weighted by Crippen LogP contribution is 2.42. The number of hydrogen-bond donors (Lipinski definition) is 2. The van der Waals surface area contributed by atoms with Crippen LogP contribution in [0.25, 0.3) is 0 Å². The molecular weight excluding hydrogens is 384 g/mol. The summed E-state index contributed by atoms with van der Waals surface area (Å²) in [5, 5.41) is 20.3. The number of phenolic OH excluding ortho intramolecular Hbond substituents is 2. The van der Waals surface area contributed by atoms with E-state index < -0.39 is 16.9 Å². The standard InChI is InChI=1S/C24H18O6/c1-24(19-5-3-2-4-6-19,20-7-15(11-25)22(29)16(8-20)12-26)21-9-17(13-27)23(30)18(10-21)14-28/h2-14,29-30H,1H3. The third kappa shape index (κ3) is 3.28. The van der Waals surface area contributed by atoms with Crippen LogP contribution in [0.3, 0.4) is 0 Å². The van der Waals surface area contributed by atoms with E-state index in [1.807, 2.05) is 18.2 Å². The molecule has 2 N–H and O–H groups in total. The second kappa shape index (κ2) is 8.13. The lowest BCUT2D eigenvalue weighted by Gasteiger charge is -2.33. The zero-order valence-electron chi connectivity index (χ0n) is 16.0. The molecule has 3 rings (SSSR count). The fourth-order valence-electron chi connectivity index (χ4n) is 3.57. The molecule has 0 aliphatic heterocycles. The summed E-state index contributed by atoms with van der Waals surface area (Å²) in [6.07, 6.45) is 1.78. The van der Waals surface area contributed by atoms with E-state index in [2.05, 4.69) is 0 Å². The fourth-order valence-corrected chi connectivity index (χ4v) is 3.57. The van der Waals surface area contributed by atoms with Crippen LogP contribution < -0.4 is 0 Å². The van der Waals surface area contributed by atoms with Gasteiger partial charge in [0, 0.05) is 5.41 Å². The number of hydrogen-bond acceptors (Lipinski definition) is 6. The molecule has 3 aromatic rings. The first-order chi connectivity index (χ1) is 14.4. The molecule has 0 aliphatic carbocycles. The summed E-state index contributed by atoms with van der Waals surface area (Å²) in [5.41, 5.74) is 0.397. The Kier molecular flexibility index (Phi) is 5.60. The number of carbonyl (C=O) groups excluding carboxylic acids is 4. The van der Waals surface area contributed by atoms with Crippen molar-refractivity contribution in [2.75, 3.05) is 0 Å². The molecule has 0 heterocycles. The van der Waals surface area contributed by atoms with Crippen molar-refractivity contribution < 1.29 is 29.4 Å². The Labute approximate surface area is 172 Å². The molecule has 6 nitrogen and oxygen atoms in total. The summed E-state index contributed by atoms with van der Waals surface area (Å²) in [6.45, 7) is 1.80. The van der Waals surface area contributed by atoms with E-state index in [4.69, 9.17) is 0 Å². The molecule has 150 valence electrons. The Morgan fingerprint density at radius 3 is 1.23 bits per heavy atom. The lowest BCUT2D eigenvalue weighted by Crippen LogP contribution is -2.26. The summed E-state index contributed by atoms with van der Waals surface area (Å²) in [6, 6.07) is 14.9. The minimum atomic E-state index is -1.03. The molecule has 0 aliphatic rings. The molecule has 0 bridgehead atoms. The molecule has 0 aromatic heterocycles. The Morgan fingerprint density at radius 1 is 0.600 bits per heavy atom. The maximum Gasteiger partial charge on any atom is 0.153 e. The summed E-state index contributed by atoms with van der Waals surface area (Å²) >= 11 is 0. The fraction of sp³-hybridized carbons (Fsp3) is 0.0833. The number of carbonyl (C=O) groups is 4. The number of rotatable bonds is 7. The summed E-state index contributed by atoms with van der Waals surface area (Å²) in [5.74, 6) is -0.848. The van der Waals surface area contributed by atoms with Gasteiger partial charge in [-0.3, -0.25) is 19.2 Å². The second-order valence-corrected chi connectivity index (χ2v) is 6.97. The Balaban J connectivity index is 2.44. The predicted octanol–water partition coefficient (Wildman–Crippen LogP) is 3.70. The Hall–Kier alpha value is -4.06. The van der Waals surface area contributed by atoms with Gasteiger partial charge in [-0.1, -0.05) is 30.3 Å². The molecular formula is C24H18O6. The highest BCUT2D eigenvalue weighted by atomic mass is 16.3. The maximum absolute atomic E-state index is 11.5. The number of aldehydes is 4. The van der Waals surface area contributed by atoms with Gasteiger partial charge >= 0.3 is 0 Å². The quantitative estimate of drug-likeness (QED) is 0.461. The van der Waals surface area contributed by atoms with Crippen LogP contribution in [0, 0.1) is 0 Å². The van der Waals surface area contributed by atoms with Crippen molar-refractivity contribution in [1.29, 1.82) is 0 Å². The first-order valence-electron chi connectivity index (χ1n) is 9.01. The molecule has 0 fully saturated rings. The summed E-state index contributed by atoms with van der Waals surface area (Å²) in [4.78, 5) is 46.0. The highest BCUT2D eigenvalue weighted by Gasteiger charge is 2.34. The van der Waals surface area contributed by atoms with E-state index in [0.717, 1.165) is 5.56 Å². The molecule has 0 saturated carbocycles. The van der Waals surface area contributed by atoms with E-state index >= 15 is 0 Å². The van der Waals surface area contributed by atoms with Gasteiger partial charge < -0.3 is 10.2 Å². The SMILES string of the molecule is CC(c1ccccc1)(c1cc(C=O)c(O)c(C=O)c1)c1cc(C=O)c(O)c(C=O)c1. The Bertz CT molecular complexity index is 1020. The smallest absolute Gasteiger partial charge is 0.153 e. The number of aromatic hydroxyl groups is 2. The number of benzene rings is 3. The molecule has 0 saturated heterocycles. The van der Waals surface area contributed by atoms with Crippen LogP contribution in [-0.2, 0) is 5.41 Å². The zero-order valence-corrected chi connectivity index (χ0v) is 16.0. The van der Waals surface area contributed by atoms with Crippen LogP contribution in [-0.4, -0.2) is 35.4 Å². The monoisotopic (exact) mass is 402 g/mol. The largest absolute Gasteiger partial charge is 0.506 e. The van der Waals surface area contributed by atoms with Crippen molar-refractivity contribution >= 4 is 25.1 Å². The van der Waals surface area contributed by atoms with Gasteiger partial charge in [-0.25, -0.2) is 0 Å². The maximum atomic E-state index is 11.5. The van der Waals surface area contributed by atoms with Crippen molar-refractivity contribution in [1.82, 2.24) is 0 Å². The van der Waals surface area contributed by atoms with Crippen LogP contribution in [0.15, 0.2) is 54.6 Å². The van der Waals surface area contributed by atoms with Crippen LogP contribution in [0.2, 0.25) is 0 Å².